The highest BCUT2D eigenvalue weighted by atomic mass is 32.1. The minimum atomic E-state index is -0.120. The van der Waals surface area contributed by atoms with Crippen LogP contribution in [0.3, 0.4) is 0 Å². The zero-order valence-electron chi connectivity index (χ0n) is 6.62. The molecule has 1 rings (SSSR count). The second kappa shape index (κ2) is 4.84. The fourth-order valence-corrected chi connectivity index (χ4v) is 1.36. The molecule has 5 heteroatoms. The Balaban J connectivity index is 2.15. The quantitative estimate of drug-likeness (QED) is 0.680. The van der Waals surface area contributed by atoms with Gasteiger partial charge < -0.3 is 11.1 Å². The monoisotopic (exact) mass is 185 g/mol. The maximum Gasteiger partial charge on any atom is 0.233 e. The summed E-state index contributed by atoms with van der Waals surface area (Å²) in [5.41, 5.74) is 7.90. The van der Waals surface area contributed by atoms with E-state index >= 15 is 0 Å². The summed E-state index contributed by atoms with van der Waals surface area (Å²) in [4.78, 5) is 14.8. The number of rotatable bonds is 4. The number of nitrogens with zero attached hydrogens (tertiary/aromatic N) is 1. The lowest BCUT2D eigenvalue weighted by atomic mass is 10.3. The third-order valence-electron chi connectivity index (χ3n) is 1.37. The van der Waals surface area contributed by atoms with Crippen molar-refractivity contribution in [1.29, 1.82) is 0 Å². The van der Waals surface area contributed by atoms with Gasteiger partial charge in [0.2, 0.25) is 5.91 Å². The predicted octanol–water partition coefficient (Wildman–Crippen LogP) is -0.240. The molecule has 0 aliphatic rings. The molecule has 0 aromatic carbocycles. The molecule has 0 fully saturated rings. The lowest BCUT2D eigenvalue weighted by molar-refractivity contribution is -0.119. The Morgan fingerprint density at radius 1 is 1.75 bits per heavy atom. The molecule has 1 aromatic rings. The summed E-state index contributed by atoms with van der Waals surface area (Å²) >= 11 is 1.56. The van der Waals surface area contributed by atoms with Crippen LogP contribution in [0.25, 0.3) is 0 Å². The van der Waals surface area contributed by atoms with Crippen molar-refractivity contribution in [2.75, 3.05) is 13.1 Å². The molecule has 0 saturated carbocycles. The number of carbonyl (C=O) groups excluding carboxylic acids is 1. The van der Waals surface area contributed by atoms with E-state index < -0.39 is 0 Å². The van der Waals surface area contributed by atoms with Gasteiger partial charge in [-0.1, -0.05) is 0 Å². The first-order valence-electron chi connectivity index (χ1n) is 3.66. The number of thiazole rings is 1. The number of nitrogens with two attached hydrogens (primary N) is 1. The van der Waals surface area contributed by atoms with Crippen molar-refractivity contribution < 1.29 is 4.79 Å². The SMILES string of the molecule is NCC(=O)NCCc1cscn1. The molecule has 12 heavy (non-hydrogen) atoms. The topological polar surface area (TPSA) is 68.0 Å². The van der Waals surface area contributed by atoms with Gasteiger partial charge in [-0.25, -0.2) is 4.98 Å². The molecule has 3 N–H and O–H groups in total. The van der Waals surface area contributed by atoms with E-state index in [2.05, 4.69) is 10.3 Å². The molecule has 0 spiro atoms. The van der Waals surface area contributed by atoms with E-state index in [0.29, 0.717) is 6.54 Å². The lowest BCUT2D eigenvalue weighted by Gasteiger charge is -2.00. The maximum absolute atomic E-state index is 10.7. The van der Waals surface area contributed by atoms with Crippen LogP contribution in [-0.4, -0.2) is 24.0 Å². The van der Waals surface area contributed by atoms with Crippen molar-refractivity contribution >= 4 is 17.2 Å². The Bertz CT molecular complexity index is 235. The Kier molecular flexibility index (Phi) is 3.69. The smallest absolute Gasteiger partial charge is 0.233 e. The van der Waals surface area contributed by atoms with Crippen LogP contribution < -0.4 is 11.1 Å². The van der Waals surface area contributed by atoms with E-state index in [-0.39, 0.29) is 12.5 Å². The molecular weight excluding hydrogens is 174 g/mol. The Morgan fingerprint density at radius 2 is 2.58 bits per heavy atom. The maximum atomic E-state index is 10.7. The van der Waals surface area contributed by atoms with Gasteiger partial charge >= 0.3 is 0 Å². The molecule has 0 saturated heterocycles. The van der Waals surface area contributed by atoms with E-state index in [0.717, 1.165) is 12.1 Å². The summed E-state index contributed by atoms with van der Waals surface area (Å²) in [7, 11) is 0. The highest BCUT2D eigenvalue weighted by Crippen LogP contribution is 2.00. The normalized spacial score (nSPS) is 9.75. The molecule has 0 aliphatic carbocycles. The van der Waals surface area contributed by atoms with Gasteiger partial charge in [0.05, 0.1) is 17.7 Å². The van der Waals surface area contributed by atoms with E-state index in [1.807, 2.05) is 5.38 Å². The number of amides is 1. The van der Waals surface area contributed by atoms with Crippen molar-refractivity contribution in [1.82, 2.24) is 10.3 Å². The van der Waals surface area contributed by atoms with E-state index in [4.69, 9.17) is 5.73 Å². The number of nitrogens with one attached hydrogen (secondary N) is 1. The zero-order valence-corrected chi connectivity index (χ0v) is 7.43. The third kappa shape index (κ3) is 2.98. The average molecular weight is 185 g/mol. The lowest BCUT2D eigenvalue weighted by Crippen LogP contribution is -2.31. The first-order chi connectivity index (χ1) is 5.83. The van der Waals surface area contributed by atoms with Crippen LogP contribution in [0.4, 0.5) is 0 Å². The summed E-state index contributed by atoms with van der Waals surface area (Å²) in [5.74, 6) is -0.120. The van der Waals surface area contributed by atoms with Gasteiger partial charge in [-0.3, -0.25) is 4.79 Å². The minimum Gasteiger partial charge on any atom is -0.355 e. The molecule has 0 atom stereocenters. The van der Waals surface area contributed by atoms with Crippen LogP contribution in [0.2, 0.25) is 0 Å². The van der Waals surface area contributed by atoms with E-state index in [9.17, 15) is 4.79 Å². The van der Waals surface area contributed by atoms with Gasteiger partial charge in [-0.15, -0.1) is 11.3 Å². The van der Waals surface area contributed by atoms with Gasteiger partial charge in [0, 0.05) is 18.3 Å². The molecule has 0 aliphatic heterocycles. The van der Waals surface area contributed by atoms with Crippen molar-refractivity contribution in [3.8, 4) is 0 Å². The molecule has 0 bridgehead atoms. The second-order valence-electron chi connectivity index (χ2n) is 2.28. The Labute approximate surface area is 74.8 Å². The van der Waals surface area contributed by atoms with Crippen LogP contribution in [0, 0.1) is 0 Å². The molecular formula is C7H11N3OS. The number of carbonyl (C=O) groups is 1. The van der Waals surface area contributed by atoms with Gasteiger partial charge in [-0.05, 0) is 0 Å². The fraction of sp³-hybridized carbons (Fsp3) is 0.429. The van der Waals surface area contributed by atoms with Crippen LogP contribution in [-0.2, 0) is 11.2 Å². The highest BCUT2D eigenvalue weighted by Gasteiger charge is 1.97. The second-order valence-corrected chi connectivity index (χ2v) is 3.00. The van der Waals surface area contributed by atoms with Crippen LogP contribution in [0.5, 0.6) is 0 Å². The Morgan fingerprint density at radius 3 is 3.17 bits per heavy atom. The molecule has 1 heterocycles. The van der Waals surface area contributed by atoms with Gasteiger partial charge in [0.15, 0.2) is 0 Å². The first kappa shape index (κ1) is 9.15. The van der Waals surface area contributed by atoms with Crippen LogP contribution in [0.1, 0.15) is 5.69 Å². The summed E-state index contributed by atoms with van der Waals surface area (Å²) < 4.78 is 0. The predicted molar refractivity (Wildman–Crippen MR) is 47.9 cm³/mol. The zero-order chi connectivity index (χ0) is 8.81. The standard InChI is InChI=1S/C7H11N3OS/c8-3-7(11)9-2-1-6-4-12-5-10-6/h4-5H,1-3,8H2,(H,9,11). The summed E-state index contributed by atoms with van der Waals surface area (Å²) in [6, 6.07) is 0. The molecule has 4 nitrogen and oxygen atoms in total. The van der Waals surface area contributed by atoms with Crippen molar-refractivity contribution in [2.45, 2.75) is 6.42 Å². The minimum absolute atomic E-state index is 0.0526. The van der Waals surface area contributed by atoms with Gasteiger partial charge in [0.25, 0.3) is 0 Å². The molecule has 66 valence electrons. The summed E-state index contributed by atoms with van der Waals surface area (Å²) in [6.45, 7) is 0.664. The third-order valence-corrected chi connectivity index (χ3v) is 2.01. The summed E-state index contributed by atoms with van der Waals surface area (Å²) in [5, 5.41) is 4.64. The summed E-state index contributed by atoms with van der Waals surface area (Å²) in [6.07, 6.45) is 0.773. The van der Waals surface area contributed by atoms with Crippen molar-refractivity contribution in [3.05, 3.63) is 16.6 Å². The first-order valence-corrected chi connectivity index (χ1v) is 4.61. The largest absolute Gasteiger partial charge is 0.355 e. The molecule has 0 unspecified atom stereocenters. The van der Waals surface area contributed by atoms with Crippen molar-refractivity contribution in [3.63, 3.8) is 0 Å². The number of aromatic nitrogens is 1. The Hall–Kier alpha value is -0.940. The number of hydrogen-bond acceptors (Lipinski definition) is 4. The fourth-order valence-electron chi connectivity index (χ4n) is 0.763. The average Bonchev–Trinajstić information content (AvgIpc) is 2.57. The van der Waals surface area contributed by atoms with E-state index in [1.165, 1.54) is 0 Å². The van der Waals surface area contributed by atoms with Crippen molar-refractivity contribution in [2.24, 2.45) is 5.73 Å². The van der Waals surface area contributed by atoms with Crippen LogP contribution in [0.15, 0.2) is 10.9 Å². The van der Waals surface area contributed by atoms with Crippen LogP contribution >= 0.6 is 11.3 Å². The molecule has 0 radical (unpaired) electrons. The van der Waals surface area contributed by atoms with E-state index in [1.54, 1.807) is 16.8 Å². The van der Waals surface area contributed by atoms with Gasteiger partial charge in [0.1, 0.15) is 0 Å². The van der Waals surface area contributed by atoms with Gasteiger partial charge in [-0.2, -0.15) is 0 Å². The highest BCUT2D eigenvalue weighted by molar-refractivity contribution is 7.07. The number of hydrogen-bond donors (Lipinski definition) is 2. The molecule has 1 amide bonds. The molecule has 1 aromatic heterocycles.